The first kappa shape index (κ1) is 42.4. The average Bonchev–Trinajstić information content (AvgIpc) is 3.97. The molecule has 0 saturated carbocycles. The summed E-state index contributed by atoms with van der Waals surface area (Å²) in [5.74, 6) is 0.382. The van der Waals surface area contributed by atoms with Gasteiger partial charge in [-0.25, -0.2) is 23.1 Å². The van der Waals surface area contributed by atoms with Gasteiger partial charge in [0.05, 0.1) is 23.9 Å². The van der Waals surface area contributed by atoms with Gasteiger partial charge in [0.2, 0.25) is 5.88 Å². The number of carbonyl (C=O) groups excluding carboxylic acids is 1. The predicted molar refractivity (Wildman–Crippen MR) is 241 cm³/mol. The zero-order chi connectivity index (χ0) is 42.4. The number of aromatic amines is 1. The lowest BCUT2D eigenvalue weighted by atomic mass is 9.72. The number of thiazole rings is 1. The van der Waals surface area contributed by atoms with Gasteiger partial charge < -0.3 is 29.8 Å². The quantitative estimate of drug-likeness (QED) is 0.0691. The van der Waals surface area contributed by atoms with Crippen LogP contribution in [0, 0.1) is 11.3 Å². The number of nitrogens with zero attached hydrogens (tertiary/aromatic N) is 2. The number of pyridine rings is 1. The zero-order valence-electron chi connectivity index (χ0n) is 34.1. The summed E-state index contributed by atoms with van der Waals surface area (Å²) in [5, 5.41) is 11.0. The average molecular weight is 882 g/mol. The van der Waals surface area contributed by atoms with E-state index in [-0.39, 0.29) is 27.5 Å². The Bertz CT molecular complexity index is 2620. The fourth-order valence-corrected chi connectivity index (χ4v) is 9.40. The van der Waals surface area contributed by atoms with Crippen molar-refractivity contribution in [2.45, 2.75) is 50.8 Å². The SMILES string of the molecule is CC1(C)CCC(CNCCNc2ccc(C(=O)NS(=O)(=O)c3cnc(OCC4CCOCC4)c(-c4nccs4)c3)c(Oc3ccc4[nH]ccc4c3)c2)=C(c2ccc(Cl)cc2)C1. The van der Waals surface area contributed by atoms with Crippen molar-refractivity contribution in [1.82, 2.24) is 25.0 Å². The first-order valence-corrected chi connectivity index (χ1v) is 23.2. The second-order valence-corrected chi connectivity index (χ2v) is 19.2. The molecular weight excluding hydrogens is 832 g/mol. The Morgan fingerprint density at radius 2 is 1.85 bits per heavy atom. The number of nitrogens with one attached hydrogen (secondary N) is 4. The number of amides is 1. The molecule has 0 spiro atoms. The highest BCUT2D eigenvalue weighted by Crippen LogP contribution is 2.43. The summed E-state index contributed by atoms with van der Waals surface area (Å²) in [7, 11) is -4.41. The van der Waals surface area contributed by atoms with E-state index in [1.807, 2.05) is 36.5 Å². The molecule has 1 aliphatic carbocycles. The molecule has 8 rings (SSSR count). The van der Waals surface area contributed by atoms with Crippen LogP contribution in [0.5, 0.6) is 17.4 Å². The van der Waals surface area contributed by atoms with E-state index in [9.17, 15) is 13.2 Å². The standard InChI is InChI=1S/C46H49ClN6O6S2/c1-46(2)15-11-33(40(26-46)31-3-5-34(47)6-4-31)27-48-17-18-49-35-7-9-38(42(24-35)59-36-8-10-41-32(23-36)12-16-50-41)43(54)53-61(55,56)37-25-39(45-51-19-22-60-45)44(52-28-37)58-29-30-13-20-57-21-14-30/h3-10,12,16,19,22-25,28,30,48-50H,11,13-15,17-18,20-21,26-27,29H2,1-2H3,(H,53,54). The molecule has 1 aliphatic heterocycles. The lowest BCUT2D eigenvalue weighted by Gasteiger charge is -2.34. The molecule has 2 aliphatic rings. The number of anilines is 1. The van der Waals surface area contributed by atoms with Crippen molar-refractivity contribution < 1.29 is 27.4 Å². The van der Waals surface area contributed by atoms with Crippen LogP contribution in [0.4, 0.5) is 5.69 Å². The van der Waals surface area contributed by atoms with Crippen LogP contribution in [0.15, 0.2) is 107 Å². The summed E-state index contributed by atoms with van der Waals surface area (Å²) in [5.41, 5.74) is 6.33. The number of allylic oxidation sites excluding steroid dienone is 1. The minimum Gasteiger partial charge on any atom is -0.477 e. The smallest absolute Gasteiger partial charge is 0.268 e. The van der Waals surface area contributed by atoms with Crippen molar-refractivity contribution in [3.05, 3.63) is 118 Å². The van der Waals surface area contributed by atoms with E-state index in [0.29, 0.717) is 60.8 Å². The van der Waals surface area contributed by atoms with Crippen LogP contribution in [0.25, 0.3) is 27.0 Å². The fourth-order valence-electron chi connectivity index (χ4n) is 7.70. The molecule has 3 aromatic heterocycles. The van der Waals surface area contributed by atoms with E-state index >= 15 is 0 Å². The molecule has 1 amide bonds. The van der Waals surface area contributed by atoms with Crippen molar-refractivity contribution in [3.8, 4) is 28.0 Å². The van der Waals surface area contributed by atoms with Crippen LogP contribution >= 0.6 is 22.9 Å². The van der Waals surface area contributed by atoms with Crippen LogP contribution in [0.2, 0.25) is 5.02 Å². The fraction of sp³-hybridized carbons (Fsp3) is 0.326. The number of hydrogen-bond acceptors (Lipinski definition) is 11. The number of aromatic nitrogens is 3. The van der Waals surface area contributed by atoms with Crippen LogP contribution in [0.3, 0.4) is 0 Å². The zero-order valence-corrected chi connectivity index (χ0v) is 36.5. The summed E-state index contributed by atoms with van der Waals surface area (Å²) in [6.07, 6.45) is 9.56. The maximum absolute atomic E-state index is 13.9. The third-order valence-corrected chi connectivity index (χ3v) is 13.5. The highest BCUT2D eigenvalue weighted by Gasteiger charge is 2.28. The number of sulfonamides is 1. The molecular formula is C46H49ClN6O6S2. The minimum absolute atomic E-state index is 0.0350. The van der Waals surface area contributed by atoms with Crippen molar-refractivity contribution in [3.63, 3.8) is 0 Å². The molecule has 0 radical (unpaired) electrons. The maximum atomic E-state index is 13.9. The number of fused-ring (bicyclic) bond motifs is 1. The molecule has 0 bridgehead atoms. The highest BCUT2D eigenvalue weighted by molar-refractivity contribution is 7.90. The predicted octanol–water partition coefficient (Wildman–Crippen LogP) is 9.72. The second kappa shape index (κ2) is 18.8. The van der Waals surface area contributed by atoms with Crippen molar-refractivity contribution >= 4 is 61.0 Å². The number of rotatable bonds is 16. The van der Waals surface area contributed by atoms with Gasteiger partial charge in [0.25, 0.3) is 15.9 Å². The van der Waals surface area contributed by atoms with Crippen molar-refractivity contribution in [2.75, 3.05) is 44.8 Å². The van der Waals surface area contributed by atoms with E-state index in [4.69, 9.17) is 25.8 Å². The Kier molecular flexibility index (Phi) is 13.1. The summed E-state index contributed by atoms with van der Waals surface area (Å²) < 4.78 is 47.9. The van der Waals surface area contributed by atoms with Gasteiger partial charge in [-0.1, -0.05) is 43.2 Å². The summed E-state index contributed by atoms with van der Waals surface area (Å²) in [6.45, 7) is 8.45. The number of H-pyrrole nitrogens is 1. The molecule has 0 atom stereocenters. The minimum atomic E-state index is -4.41. The number of halogens is 1. The van der Waals surface area contributed by atoms with Gasteiger partial charge in [-0.3, -0.25) is 4.79 Å². The number of carbonyl (C=O) groups is 1. The lowest BCUT2D eigenvalue weighted by molar-refractivity contribution is 0.0491. The molecule has 4 N–H and O–H groups in total. The summed E-state index contributed by atoms with van der Waals surface area (Å²) in [6, 6.07) is 22.0. The van der Waals surface area contributed by atoms with Crippen LogP contribution in [0.1, 0.15) is 61.9 Å². The molecule has 1 fully saturated rings. The van der Waals surface area contributed by atoms with E-state index in [0.717, 1.165) is 54.6 Å². The van der Waals surface area contributed by atoms with Gasteiger partial charge in [0.1, 0.15) is 21.4 Å². The third-order valence-electron chi connectivity index (χ3n) is 11.1. The topological polar surface area (TPSA) is 157 Å². The first-order chi connectivity index (χ1) is 29.5. The lowest BCUT2D eigenvalue weighted by Crippen LogP contribution is -2.31. The van der Waals surface area contributed by atoms with E-state index < -0.39 is 15.9 Å². The Hall–Kier alpha value is -5.25. The Morgan fingerprint density at radius 1 is 1.02 bits per heavy atom. The molecule has 61 heavy (non-hydrogen) atoms. The Balaban J connectivity index is 0.978. The van der Waals surface area contributed by atoms with E-state index in [1.54, 1.807) is 35.8 Å². The van der Waals surface area contributed by atoms with Crippen molar-refractivity contribution in [2.24, 2.45) is 11.3 Å². The Labute approximate surface area is 365 Å². The summed E-state index contributed by atoms with van der Waals surface area (Å²) in [4.78, 5) is 25.7. The van der Waals surface area contributed by atoms with Gasteiger partial charge in [-0.2, -0.15) is 0 Å². The van der Waals surface area contributed by atoms with Crippen LogP contribution in [-0.2, 0) is 14.8 Å². The molecule has 12 nitrogen and oxygen atoms in total. The highest BCUT2D eigenvalue weighted by atomic mass is 35.5. The molecule has 318 valence electrons. The van der Waals surface area contributed by atoms with Gasteiger partial charge >= 0.3 is 0 Å². The molecule has 0 unspecified atom stereocenters. The maximum Gasteiger partial charge on any atom is 0.268 e. The monoisotopic (exact) mass is 880 g/mol. The molecule has 1 saturated heterocycles. The van der Waals surface area contributed by atoms with Gasteiger partial charge in [0.15, 0.2) is 0 Å². The van der Waals surface area contributed by atoms with E-state index in [1.165, 1.54) is 40.3 Å². The van der Waals surface area contributed by atoms with Gasteiger partial charge in [0, 0.05) is 78.3 Å². The first-order valence-electron chi connectivity index (χ1n) is 20.5. The summed E-state index contributed by atoms with van der Waals surface area (Å²) >= 11 is 7.54. The third kappa shape index (κ3) is 10.6. The van der Waals surface area contributed by atoms with Crippen LogP contribution < -0.4 is 24.8 Å². The van der Waals surface area contributed by atoms with Crippen molar-refractivity contribution in [1.29, 1.82) is 0 Å². The van der Waals surface area contributed by atoms with E-state index in [2.05, 4.69) is 56.3 Å². The molecule has 4 heterocycles. The number of ether oxygens (including phenoxy) is 3. The second-order valence-electron chi connectivity index (χ2n) is 16.2. The van der Waals surface area contributed by atoms with Gasteiger partial charge in [-0.15, -0.1) is 11.3 Å². The largest absolute Gasteiger partial charge is 0.477 e. The molecule has 3 aromatic carbocycles. The number of benzene rings is 3. The molecule has 6 aromatic rings. The number of hydrogen-bond donors (Lipinski definition) is 4. The Morgan fingerprint density at radius 3 is 2.66 bits per heavy atom. The normalized spacial score (nSPS) is 15.8. The van der Waals surface area contributed by atoms with Gasteiger partial charge in [-0.05, 0) is 109 Å². The molecule has 15 heteroatoms. The van der Waals surface area contributed by atoms with Crippen LogP contribution in [-0.4, -0.2) is 68.7 Å².